The van der Waals surface area contributed by atoms with Crippen LogP contribution >= 0.6 is 0 Å². The summed E-state index contributed by atoms with van der Waals surface area (Å²) in [7, 11) is 0. The Balaban J connectivity index is 1.54. The molecule has 1 atom stereocenters. The van der Waals surface area contributed by atoms with Crippen LogP contribution in [0.5, 0.6) is 0 Å². The van der Waals surface area contributed by atoms with Gasteiger partial charge in [0.2, 0.25) is 11.8 Å². The largest absolute Gasteiger partial charge is 0.447 e. The fourth-order valence-electron chi connectivity index (χ4n) is 3.38. The number of aromatic nitrogens is 2. The number of carbonyl (C=O) groups excluding carboxylic acids is 1. The standard InChI is InChI=1S/C22H24N4O3/c1-13-8-9-17(12-14(13)2)21-25-24-20(29-21)16(4)23-18-6-5-7-19(15(18)3)26-10-11-28-22(26)27/h5-9,12,16,23H,10-11H2,1-4H3/t16-/m0/s1. The van der Waals surface area contributed by atoms with Crippen molar-refractivity contribution in [2.75, 3.05) is 23.4 Å². The summed E-state index contributed by atoms with van der Waals surface area (Å²) in [5.41, 5.74) is 6.02. The highest BCUT2D eigenvalue weighted by molar-refractivity contribution is 5.91. The Morgan fingerprint density at radius 1 is 1.10 bits per heavy atom. The molecule has 1 aliphatic heterocycles. The zero-order valence-corrected chi connectivity index (χ0v) is 17.0. The topological polar surface area (TPSA) is 80.5 Å². The number of carbonyl (C=O) groups is 1. The minimum atomic E-state index is -0.312. The summed E-state index contributed by atoms with van der Waals surface area (Å²) in [5, 5.41) is 11.8. The molecule has 0 unspecified atom stereocenters. The molecule has 4 rings (SSSR count). The summed E-state index contributed by atoms with van der Waals surface area (Å²) in [6.07, 6.45) is -0.312. The first-order valence-corrected chi connectivity index (χ1v) is 9.65. The molecule has 150 valence electrons. The smallest absolute Gasteiger partial charge is 0.414 e. The van der Waals surface area contributed by atoms with Gasteiger partial charge in [0, 0.05) is 11.3 Å². The number of aryl methyl sites for hydroxylation is 2. The lowest BCUT2D eigenvalue weighted by atomic mass is 10.1. The van der Waals surface area contributed by atoms with Gasteiger partial charge in [-0.3, -0.25) is 4.90 Å². The van der Waals surface area contributed by atoms with E-state index in [4.69, 9.17) is 9.15 Å². The molecule has 1 amide bonds. The number of hydrogen-bond donors (Lipinski definition) is 1. The van der Waals surface area contributed by atoms with E-state index in [2.05, 4.69) is 35.4 Å². The molecule has 0 saturated carbocycles. The zero-order chi connectivity index (χ0) is 20.5. The molecule has 0 bridgehead atoms. The summed E-state index contributed by atoms with van der Waals surface area (Å²) in [6.45, 7) is 9.05. The summed E-state index contributed by atoms with van der Waals surface area (Å²) in [6, 6.07) is 11.7. The second-order valence-corrected chi connectivity index (χ2v) is 7.33. The van der Waals surface area contributed by atoms with Crippen LogP contribution in [0.3, 0.4) is 0 Å². The van der Waals surface area contributed by atoms with Gasteiger partial charge in [-0.25, -0.2) is 4.79 Å². The molecule has 2 aromatic carbocycles. The van der Waals surface area contributed by atoms with Crippen molar-refractivity contribution in [1.29, 1.82) is 0 Å². The SMILES string of the molecule is Cc1ccc(-c2nnc([C@H](C)Nc3cccc(N4CCOC4=O)c3C)o2)cc1C. The Bertz CT molecular complexity index is 1060. The lowest BCUT2D eigenvalue weighted by Gasteiger charge is -2.20. The van der Waals surface area contributed by atoms with E-state index >= 15 is 0 Å². The number of cyclic esters (lactones) is 1. The molecule has 0 spiro atoms. The number of ether oxygens (including phenoxy) is 1. The van der Waals surface area contributed by atoms with Gasteiger partial charge in [0.15, 0.2) is 0 Å². The Morgan fingerprint density at radius 3 is 2.66 bits per heavy atom. The molecule has 3 aromatic rings. The maximum atomic E-state index is 11.9. The van der Waals surface area contributed by atoms with Crippen molar-refractivity contribution in [2.45, 2.75) is 33.7 Å². The van der Waals surface area contributed by atoms with Crippen LogP contribution in [-0.4, -0.2) is 29.4 Å². The number of rotatable bonds is 5. The van der Waals surface area contributed by atoms with Crippen LogP contribution in [0.1, 0.15) is 35.5 Å². The summed E-state index contributed by atoms with van der Waals surface area (Å²) < 4.78 is 11.0. The van der Waals surface area contributed by atoms with E-state index in [0.717, 1.165) is 22.5 Å². The van der Waals surface area contributed by atoms with Gasteiger partial charge < -0.3 is 14.5 Å². The predicted octanol–water partition coefficient (Wildman–Crippen LogP) is 4.79. The van der Waals surface area contributed by atoms with Crippen molar-refractivity contribution in [3.8, 4) is 11.5 Å². The highest BCUT2D eigenvalue weighted by atomic mass is 16.6. The first kappa shape index (κ1) is 19.0. The maximum Gasteiger partial charge on any atom is 0.414 e. The Morgan fingerprint density at radius 2 is 1.93 bits per heavy atom. The molecule has 0 radical (unpaired) electrons. The van der Waals surface area contributed by atoms with Crippen molar-refractivity contribution in [3.63, 3.8) is 0 Å². The fraction of sp³-hybridized carbons (Fsp3) is 0.318. The minimum Gasteiger partial charge on any atom is -0.447 e. The van der Waals surface area contributed by atoms with Crippen LogP contribution in [-0.2, 0) is 4.74 Å². The van der Waals surface area contributed by atoms with E-state index in [0.29, 0.717) is 24.9 Å². The molecule has 1 fully saturated rings. The van der Waals surface area contributed by atoms with E-state index in [1.807, 2.05) is 44.2 Å². The Labute approximate surface area is 169 Å². The molecule has 1 saturated heterocycles. The quantitative estimate of drug-likeness (QED) is 0.672. The van der Waals surface area contributed by atoms with Crippen LogP contribution < -0.4 is 10.2 Å². The second kappa shape index (κ2) is 7.58. The third-order valence-corrected chi connectivity index (χ3v) is 5.29. The average molecular weight is 392 g/mol. The number of nitrogens with one attached hydrogen (secondary N) is 1. The fourth-order valence-corrected chi connectivity index (χ4v) is 3.38. The molecular weight excluding hydrogens is 368 g/mol. The van der Waals surface area contributed by atoms with E-state index in [-0.39, 0.29) is 12.1 Å². The van der Waals surface area contributed by atoms with Crippen molar-refractivity contribution in [3.05, 3.63) is 59.0 Å². The lowest BCUT2D eigenvalue weighted by molar-refractivity contribution is 0.181. The molecule has 2 heterocycles. The number of hydrogen-bond acceptors (Lipinski definition) is 6. The zero-order valence-electron chi connectivity index (χ0n) is 17.0. The van der Waals surface area contributed by atoms with Gasteiger partial charge in [-0.05, 0) is 68.7 Å². The molecule has 7 nitrogen and oxygen atoms in total. The second-order valence-electron chi connectivity index (χ2n) is 7.33. The van der Waals surface area contributed by atoms with Crippen molar-refractivity contribution in [1.82, 2.24) is 10.2 Å². The van der Waals surface area contributed by atoms with Gasteiger partial charge in [-0.1, -0.05) is 12.1 Å². The van der Waals surface area contributed by atoms with Crippen LogP contribution in [0.2, 0.25) is 0 Å². The van der Waals surface area contributed by atoms with Gasteiger partial charge in [-0.2, -0.15) is 0 Å². The first-order valence-electron chi connectivity index (χ1n) is 9.65. The first-order chi connectivity index (χ1) is 13.9. The maximum absolute atomic E-state index is 11.9. The van der Waals surface area contributed by atoms with Gasteiger partial charge in [-0.15, -0.1) is 10.2 Å². The monoisotopic (exact) mass is 392 g/mol. The minimum absolute atomic E-state index is 0.192. The Kier molecular flexibility index (Phi) is 4.96. The lowest BCUT2D eigenvalue weighted by Crippen LogP contribution is -2.24. The van der Waals surface area contributed by atoms with Crippen molar-refractivity contribution in [2.24, 2.45) is 0 Å². The Hall–Kier alpha value is -3.35. The van der Waals surface area contributed by atoms with E-state index in [1.165, 1.54) is 11.1 Å². The van der Waals surface area contributed by atoms with Crippen LogP contribution in [0, 0.1) is 20.8 Å². The molecule has 29 heavy (non-hydrogen) atoms. The third-order valence-electron chi connectivity index (χ3n) is 5.29. The highest BCUT2D eigenvalue weighted by Crippen LogP contribution is 2.31. The van der Waals surface area contributed by atoms with E-state index < -0.39 is 0 Å². The van der Waals surface area contributed by atoms with Crippen LogP contribution in [0.4, 0.5) is 16.2 Å². The molecule has 1 aromatic heterocycles. The molecular formula is C22H24N4O3. The number of nitrogens with zero attached hydrogens (tertiary/aromatic N) is 3. The van der Waals surface area contributed by atoms with E-state index in [9.17, 15) is 4.79 Å². The number of anilines is 2. The van der Waals surface area contributed by atoms with Gasteiger partial charge in [0.25, 0.3) is 0 Å². The predicted molar refractivity (Wildman–Crippen MR) is 111 cm³/mol. The van der Waals surface area contributed by atoms with Crippen molar-refractivity contribution < 1.29 is 13.9 Å². The molecule has 1 aliphatic rings. The van der Waals surface area contributed by atoms with Gasteiger partial charge >= 0.3 is 6.09 Å². The molecule has 1 N–H and O–H groups in total. The summed E-state index contributed by atoms with van der Waals surface area (Å²) in [4.78, 5) is 13.6. The van der Waals surface area contributed by atoms with E-state index in [1.54, 1.807) is 4.90 Å². The highest BCUT2D eigenvalue weighted by Gasteiger charge is 2.26. The molecule has 7 heteroatoms. The van der Waals surface area contributed by atoms with Crippen LogP contribution in [0.15, 0.2) is 40.8 Å². The molecule has 0 aliphatic carbocycles. The average Bonchev–Trinajstić information content (AvgIpc) is 3.35. The third kappa shape index (κ3) is 3.68. The number of amides is 1. The van der Waals surface area contributed by atoms with Crippen molar-refractivity contribution >= 4 is 17.5 Å². The number of benzene rings is 2. The normalized spacial score (nSPS) is 14.8. The summed E-state index contributed by atoms with van der Waals surface area (Å²) >= 11 is 0. The van der Waals surface area contributed by atoms with Crippen LogP contribution in [0.25, 0.3) is 11.5 Å². The van der Waals surface area contributed by atoms with Gasteiger partial charge in [0.1, 0.15) is 12.6 Å². The summed E-state index contributed by atoms with van der Waals surface area (Å²) in [5.74, 6) is 1.01. The van der Waals surface area contributed by atoms with Gasteiger partial charge in [0.05, 0.1) is 12.2 Å².